The first-order valence-corrected chi connectivity index (χ1v) is 9.90. The average Bonchev–Trinajstić information content (AvgIpc) is 2.66. The van der Waals surface area contributed by atoms with Gasteiger partial charge >= 0.3 is 5.97 Å². The van der Waals surface area contributed by atoms with Gasteiger partial charge in [0.15, 0.2) is 17.5 Å². The topological polar surface area (TPSA) is 35.5 Å². The second-order valence-electron chi connectivity index (χ2n) is 8.05. The summed E-state index contributed by atoms with van der Waals surface area (Å²) < 4.78 is 50.5. The van der Waals surface area contributed by atoms with Gasteiger partial charge in [-0.2, -0.15) is 0 Å². The smallest absolute Gasteiger partial charge is 0.314 e. The van der Waals surface area contributed by atoms with Crippen molar-refractivity contribution >= 4 is 5.97 Å². The van der Waals surface area contributed by atoms with Gasteiger partial charge in [0.05, 0.1) is 12.0 Å². The Morgan fingerprint density at radius 3 is 2.15 bits per heavy atom. The van der Waals surface area contributed by atoms with Crippen LogP contribution in [-0.2, 0) is 9.53 Å². The van der Waals surface area contributed by atoms with Crippen LogP contribution >= 0.6 is 0 Å². The summed E-state index contributed by atoms with van der Waals surface area (Å²) in [6.45, 7) is 3.09. The molecule has 0 unspecified atom stereocenters. The van der Waals surface area contributed by atoms with E-state index in [1.165, 1.54) is 25.7 Å². The minimum absolute atomic E-state index is 0.161. The highest BCUT2D eigenvalue weighted by Gasteiger charge is 2.29. The highest BCUT2D eigenvalue weighted by atomic mass is 19.2. The standard InChI is InChI=1S/C21H27F3O3/c1-13-2-4-14(5-3-13)12-26-16-8-6-15(7-9-16)21(25)27-17-10-18(22)20(24)19(23)11-17/h10-11,13-16H,2-9,12H2,1H3/t13-,14-,15-,16-. The van der Waals surface area contributed by atoms with Gasteiger partial charge in [0.25, 0.3) is 0 Å². The lowest BCUT2D eigenvalue weighted by molar-refractivity contribution is -0.141. The fourth-order valence-corrected chi connectivity index (χ4v) is 4.02. The number of carbonyl (C=O) groups excluding carboxylic acids is 1. The number of hydrogen-bond acceptors (Lipinski definition) is 3. The molecule has 150 valence electrons. The molecule has 0 amide bonds. The number of rotatable bonds is 5. The molecule has 3 rings (SSSR count). The van der Waals surface area contributed by atoms with Crippen LogP contribution in [0.2, 0.25) is 0 Å². The lowest BCUT2D eigenvalue weighted by atomic mass is 9.83. The molecule has 2 saturated carbocycles. The fourth-order valence-electron chi connectivity index (χ4n) is 4.02. The third-order valence-corrected chi connectivity index (χ3v) is 5.89. The highest BCUT2D eigenvalue weighted by molar-refractivity contribution is 5.75. The molecule has 0 bridgehead atoms. The average molecular weight is 384 g/mol. The minimum Gasteiger partial charge on any atom is -0.426 e. The summed E-state index contributed by atoms with van der Waals surface area (Å²) in [5.74, 6) is -3.99. The molecular weight excluding hydrogens is 357 g/mol. The largest absolute Gasteiger partial charge is 0.426 e. The third-order valence-electron chi connectivity index (χ3n) is 5.89. The summed E-state index contributed by atoms with van der Waals surface area (Å²) in [5.41, 5.74) is 0. The monoisotopic (exact) mass is 384 g/mol. The van der Waals surface area contributed by atoms with Crippen LogP contribution in [0, 0.1) is 35.2 Å². The second-order valence-corrected chi connectivity index (χ2v) is 8.05. The van der Waals surface area contributed by atoms with Crippen molar-refractivity contribution in [2.24, 2.45) is 17.8 Å². The van der Waals surface area contributed by atoms with Gasteiger partial charge in [0, 0.05) is 18.7 Å². The summed E-state index contributed by atoms with van der Waals surface area (Å²) >= 11 is 0. The highest BCUT2D eigenvalue weighted by Crippen LogP contribution is 2.32. The van der Waals surface area contributed by atoms with Crippen molar-refractivity contribution in [3.8, 4) is 5.75 Å². The van der Waals surface area contributed by atoms with Crippen LogP contribution in [0.15, 0.2) is 12.1 Å². The van der Waals surface area contributed by atoms with Gasteiger partial charge in [-0.1, -0.05) is 19.8 Å². The SMILES string of the molecule is C[C@H]1CC[C@H](CO[C@H]2CC[C@H](C(=O)Oc3cc(F)c(F)c(F)c3)CC2)CC1. The molecule has 2 aliphatic rings. The molecule has 2 fully saturated rings. The zero-order valence-electron chi connectivity index (χ0n) is 15.7. The van der Waals surface area contributed by atoms with E-state index in [-0.39, 0.29) is 17.8 Å². The number of esters is 1. The normalized spacial score (nSPS) is 28.7. The number of carbonyl (C=O) groups is 1. The van der Waals surface area contributed by atoms with Crippen molar-refractivity contribution in [3.63, 3.8) is 0 Å². The molecule has 0 radical (unpaired) electrons. The summed E-state index contributed by atoms with van der Waals surface area (Å²) in [5, 5.41) is 0. The summed E-state index contributed by atoms with van der Waals surface area (Å²) in [4.78, 5) is 12.2. The van der Waals surface area contributed by atoms with Gasteiger partial charge in [0.1, 0.15) is 5.75 Å². The van der Waals surface area contributed by atoms with E-state index in [1.54, 1.807) is 0 Å². The molecular formula is C21H27F3O3. The van der Waals surface area contributed by atoms with Crippen LogP contribution in [0.5, 0.6) is 5.75 Å². The number of halogens is 3. The van der Waals surface area contributed by atoms with Crippen molar-refractivity contribution in [1.82, 2.24) is 0 Å². The maximum atomic E-state index is 13.2. The summed E-state index contributed by atoms with van der Waals surface area (Å²) in [7, 11) is 0. The van der Waals surface area contributed by atoms with Crippen molar-refractivity contribution in [1.29, 1.82) is 0 Å². The molecule has 3 nitrogen and oxygen atoms in total. The first kappa shape index (κ1) is 20.2. The molecule has 1 aromatic carbocycles. The maximum Gasteiger partial charge on any atom is 0.314 e. The lowest BCUT2D eigenvalue weighted by Gasteiger charge is -2.31. The van der Waals surface area contributed by atoms with E-state index in [2.05, 4.69) is 6.92 Å². The summed E-state index contributed by atoms with van der Waals surface area (Å²) in [6, 6.07) is 1.38. The van der Waals surface area contributed by atoms with Gasteiger partial charge in [-0.15, -0.1) is 0 Å². The second kappa shape index (κ2) is 9.09. The maximum absolute atomic E-state index is 13.2. The molecule has 1 aromatic rings. The first-order valence-electron chi connectivity index (χ1n) is 9.90. The zero-order valence-corrected chi connectivity index (χ0v) is 15.7. The third kappa shape index (κ3) is 5.47. The first-order chi connectivity index (χ1) is 12.9. The Morgan fingerprint density at radius 2 is 1.56 bits per heavy atom. The molecule has 2 aliphatic carbocycles. The van der Waals surface area contributed by atoms with Crippen molar-refractivity contribution in [2.75, 3.05) is 6.61 Å². The van der Waals surface area contributed by atoms with Crippen LogP contribution in [0.1, 0.15) is 58.3 Å². The van der Waals surface area contributed by atoms with E-state index in [0.717, 1.165) is 25.4 Å². The van der Waals surface area contributed by atoms with E-state index in [0.29, 0.717) is 30.9 Å². The Morgan fingerprint density at radius 1 is 0.963 bits per heavy atom. The van der Waals surface area contributed by atoms with Crippen LogP contribution in [-0.4, -0.2) is 18.7 Å². The fraction of sp³-hybridized carbons (Fsp3) is 0.667. The van der Waals surface area contributed by atoms with Crippen molar-refractivity contribution < 1.29 is 27.4 Å². The number of ether oxygens (including phenoxy) is 2. The van der Waals surface area contributed by atoms with Crippen LogP contribution < -0.4 is 4.74 Å². The van der Waals surface area contributed by atoms with Crippen molar-refractivity contribution in [3.05, 3.63) is 29.6 Å². The van der Waals surface area contributed by atoms with Crippen molar-refractivity contribution in [2.45, 2.75) is 64.4 Å². The Kier molecular flexibility index (Phi) is 6.79. The quantitative estimate of drug-likeness (QED) is 0.387. The van der Waals surface area contributed by atoms with E-state index in [4.69, 9.17) is 9.47 Å². The Bertz CT molecular complexity index is 625. The molecule has 0 aliphatic heterocycles. The molecule has 0 atom stereocenters. The predicted octanol–water partition coefficient (Wildman–Crippen LogP) is 5.41. The minimum atomic E-state index is -1.57. The number of hydrogen-bond donors (Lipinski definition) is 0. The molecule has 0 heterocycles. The predicted molar refractivity (Wildman–Crippen MR) is 94.8 cm³/mol. The molecule has 0 aromatic heterocycles. The van der Waals surface area contributed by atoms with E-state index < -0.39 is 23.4 Å². The molecule has 27 heavy (non-hydrogen) atoms. The van der Waals surface area contributed by atoms with Crippen LogP contribution in [0.25, 0.3) is 0 Å². The Labute approximate surface area is 158 Å². The molecule has 0 spiro atoms. The molecule has 0 saturated heterocycles. The van der Waals surface area contributed by atoms with Gasteiger partial charge in [-0.05, 0) is 50.4 Å². The zero-order chi connectivity index (χ0) is 19.4. The summed E-state index contributed by atoms with van der Waals surface area (Å²) in [6.07, 6.45) is 7.96. The lowest BCUT2D eigenvalue weighted by Crippen LogP contribution is -2.30. The van der Waals surface area contributed by atoms with E-state index >= 15 is 0 Å². The molecule has 0 N–H and O–H groups in total. The van der Waals surface area contributed by atoms with Gasteiger partial charge in [0.2, 0.25) is 0 Å². The Balaban J connectivity index is 1.41. The van der Waals surface area contributed by atoms with Crippen LogP contribution in [0.4, 0.5) is 13.2 Å². The van der Waals surface area contributed by atoms with Crippen LogP contribution in [0.3, 0.4) is 0 Å². The van der Waals surface area contributed by atoms with Gasteiger partial charge < -0.3 is 9.47 Å². The molecule has 6 heteroatoms. The van der Waals surface area contributed by atoms with Gasteiger partial charge in [-0.25, -0.2) is 13.2 Å². The van der Waals surface area contributed by atoms with E-state index in [9.17, 15) is 18.0 Å². The van der Waals surface area contributed by atoms with E-state index in [1.807, 2.05) is 0 Å². The Hall–Kier alpha value is -1.56. The number of benzene rings is 1. The van der Waals surface area contributed by atoms with Gasteiger partial charge in [-0.3, -0.25) is 4.79 Å².